The number of methoxy groups -OCH3 is 1. The van der Waals surface area contributed by atoms with E-state index in [1.165, 1.54) is 17.7 Å². The number of nitrogens with one attached hydrogen (secondary N) is 1. The van der Waals surface area contributed by atoms with Gasteiger partial charge in [0.05, 0.1) is 17.7 Å². The van der Waals surface area contributed by atoms with E-state index >= 15 is 0 Å². The molecule has 1 aromatic rings. The molecule has 0 saturated carbocycles. The normalized spacial score (nSPS) is 18.5. The molecule has 3 rings (SSSR count). The van der Waals surface area contributed by atoms with Crippen LogP contribution in [0.15, 0.2) is 26.9 Å². The Hall–Kier alpha value is -1.61. The van der Waals surface area contributed by atoms with Crippen molar-refractivity contribution in [3.05, 3.63) is 16.9 Å². The summed E-state index contributed by atoms with van der Waals surface area (Å²) in [5, 5.41) is 4.51. The van der Waals surface area contributed by atoms with E-state index in [2.05, 4.69) is 29.1 Å². The maximum absolute atomic E-state index is 11.3. The number of carbonyl (C=O) groups is 1. The zero-order valence-electron chi connectivity index (χ0n) is 17.0. The molecular weight excluding hydrogens is 442 g/mol. The van der Waals surface area contributed by atoms with Crippen LogP contribution in [0.2, 0.25) is 0 Å². The minimum atomic E-state index is -0.186. The van der Waals surface area contributed by atoms with Gasteiger partial charge in [-0.2, -0.15) is 0 Å². The molecule has 1 N–H and O–H groups in total. The number of esters is 1. The SMILES string of the molecule is Br.COC(=O)CCCN=C1CC(C)(C)CC2=C1Sc1ncnc(N(C)C)c1N2. The fourth-order valence-corrected chi connectivity index (χ4v) is 4.39. The van der Waals surface area contributed by atoms with Crippen LogP contribution in [0.3, 0.4) is 0 Å². The summed E-state index contributed by atoms with van der Waals surface area (Å²) in [4.78, 5) is 28.2. The molecule has 1 aliphatic carbocycles. The van der Waals surface area contributed by atoms with Gasteiger partial charge >= 0.3 is 5.97 Å². The quantitative estimate of drug-likeness (QED) is 0.395. The smallest absolute Gasteiger partial charge is 0.305 e. The van der Waals surface area contributed by atoms with E-state index < -0.39 is 0 Å². The maximum atomic E-state index is 11.3. The van der Waals surface area contributed by atoms with E-state index in [-0.39, 0.29) is 28.4 Å². The number of ether oxygens (including phenoxy) is 1. The standard InChI is InChI=1S/C19H27N5O2S.BrH/c1-19(2)9-12(20-8-6-7-14(25)26-5)16-13(10-19)23-15-17(24(3)4)21-11-22-18(15)27-16;/h11,23H,6-10H2,1-5H3;1H. The summed E-state index contributed by atoms with van der Waals surface area (Å²) < 4.78 is 4.70. The van der Waals surface area contributed by atoms with Gasteiger partial charge in [-0.15, -0.1) is 17.0 Å². The third-order valence-corrected chi connectivity index (χ3v) is 5.79. The predicted molar refractivity (Wildman–Crippen MR) is 120 cm³/mol. The fourth-order valence-electron chi connectivity index (χ4n) is 3.35. The first kappa shape index (κ1) is 22.7. The summed E-state index contributed by atoms with van der Waals surface area (Å²) in [5.41, 5.74) is 3.38. The molecule has 0 aromatic carbocycles. The number of allylic oxidation sites excluding steroid dienone is 2. The number of fused-ring (bicyclic) bond motifs is 1. The first-order valence-corrected chi connectivity index (χ1v) is 9.93. The number of nitrogens with zero attached hydrogens (tertiary/aromatic N) is 4. The van der Waals surface area contributed by atoms with Crippen molar-refractivity contribution in [3.63, 3.8) is 0 Å². The Morgan fingerprint density at radius 2 is 2.11 bits per heavy atom. The van der Waals surface area contributed by atoms with E-state index in [4.69, 9.17) is 9.73 Å². The highest BCUT2D eigenvalue weighted by Gasteiger charge is 2.36. The van der Waals surface area contributed by atoms with Gasteiger partial charge < -0.3 is 15.0 Å². The van der Waals surface area contributed by atoms with Gasteiger partial charge in [0.15, 0.2) is 5.82 Å². The lowest BCUT2D eigenvalue weighted by Gasteiger charge is -2.37. The Kier molecular flexibility index (Phi) is 7.50. The van der Waals surface area contributed by atoms with Crippen LogP contribution < -0.4 is 10.2 Å². The fraction of sp³-hybridized carbons (Fsp3) is 0.579. The zero-order chi connectivity index (χ0) is 19.6. The lowest BCUT2D eigenvalue weighted by atomic mass is 9.78. The van der Waals surface area contributed by atoms with Crippen LogP contribution in [-0.4, -0.2) is 49.4 Å². The number of halogens is 1. The summed E-state index contributed by atoms with van der Waals surface area (Å²) in [6, 6.07) is 0. The highest BCUT2D eigenvalue weighted by Crippen LogP contribution is 2.49. The van der Waals surface area contributed by atoms with Gasteiger partial charge in [-0.3, -0.25) is 9.79 Å². The van der Waals surface area contributed by atoms with Gasteiger partial charge in [0.25, 0.3) is 0 Å². The van der Waals surface area contributed by atoms with Gasteiger partial charge in [0.2, 0.25) is 0 Å². The van der Waals surface area contributed by atoms with E-state index in [9.17, 15) is 4.79 Å². The molecule has 7 nitrogen and oxygen atoms in total. The Morgan fingerprint density at radius 3 is 2.79 bits per heavy atom. The molecule has 0 saturated heterocycles. The topological polar surface area (TPSA) is 79.7 Å². The van der Waals surface area contributed by atoms with Crippen molar-refractivity contribution in [2.45, 2.75) is 44.6 Å². The first-order valence-electron chi connectivity index (χ1n) is 9.11. The van der Waals surface area contributed by atoms with E-state index in [1.807, 2.05) is 19.0 Å². The number of hydrogen-bond donors (Lipinski definition) is 1. The maximum Gasteiger partial charge on any atom is 0.305 e. The Morgan fingerprint density at radius 1 is 1.36 bits per heavy atom. The Bertz CT molecular complexity index is 808. The molecule has 0 unspecified atom stereocenters. The number of rotatable bonds is 5. The number of aliphatic imine (C=N–C) groups is 1. The van der Waals surface area contributed by atoms with Crippen molar-refractivity contribution in [2.75, 3.05) is 38.0 Å². The summed E-state index contributed by atoms with van der Waals surface area (Å²) in [7, 11) is 5.39. The van der Waals surface area contributed by atoms with Crippen LogP contribution in [0.1, 0.15) is 39.5 Å². The van der Waals surface area contributed by atoms with Crippen molar-refractivity contribution in [3.8, 4) is 0 Å². The second-order valence-electron chi connectivity index (χ2n) is 7.83. The van der Waals surface area contributed by atoms with Gasteiger partial charge in [-0.25, -0.2) is 9.97 Å². The van der Waals surface area contributed by atoms with Gasteiger partial charge in [0.1, 0.15) is 17.0 Å². The Labute approximate surface area is 181 Å². The van der Waals surface area contributed by atoms with Gasteiger partial charge in [-0.1, -0.05) is 25.6 Å². The molecule has 0 spiro atoms. The van der Waals surface area contributed by atoms with Crippen molar-refractivity contribution in [2.24, 2.45) is 10.4 Å². The molecule has 0 amide bonds. The van der Waals surface area contributed by atoms with E-state index in [1.54, 1.807) is 18.1 Å². The third-order valence-electron chi connectivity index (χ3n) is 4.60. The van der Waals surface area contributed by atoms with Crippen molar-refractivity contribution in [1.82, 2.24) is 9.97 Å². The molecule has 1 aromatic heterocycles. The lowest BCUT2D eigenvalue weighted by Crippen LogP contribution is -2.30. The molecule has 1 aliphatic heterocycles. The first-order chi connectivity index (χ1) is 12.8. The van der Waals surface area contributed by atoms with Gasteiger partial charge in [0, 0.05) is 32.8 Å². The summed E-state index contributed by atoms with van der Waals surface area (Å²) in [5.74, 6) is 0.702. The number of carbonyl (C=O) groups excluding carboxylic acids is 1. The summed E-state index contributed by atoms with van der Waals surface area (Å²) >= 11 is 1.67. The zero-order valence-corrected chi connectivity index (χ0v) is 19.6. The number of aromatic nitrogens is 2. The summed E-state index contributed by atoms with van der Waals surface area (Å²) in [6.07, 6.45) is 4.57. The average Bonchev–Trinajstić information content (AvgIpc) is 2.62. The molecule has 0 bridgehead atoms. The number of anilines is 2. The van der Waals surface area contributed by atoms with Crippen LogP contribution in [-0.2, 0) is 9.53 Å². The van der Waals surface area contributed by atoms with E-state index in [0.29, 0.717) is 19.4 Å². The van der Waals surface area contributed by atoms with Crippen LogP contribution in [0.25, 0.3) is 0 Å². The number of thioether (sulfide) groups is 1. The van der Waals surface area contributed by atoms with Crippen LogP contribution in [0.5, 0.6) is 0 Å². The van der Waals surface area contributed by atoms with Crippen molar-refractivity contribution >= 4 is 51.9 Å². The summed E-state index contributed by atoms with van der Waals surface area (Å²) in [6.45, 7) is 5.14. The third kappa shape index (κ3) is 5.05. The van der Waals surface area contributed by atoms with Crippen molar-refractivity contribution < 1.29 is 9.53 Å². The molecule has 2 aliphatic rings. The van der Waals surface area contributed by atoms with Crippen molar-refractivity contribution in [1.29, 1.82) is 0 Å². The molecule has 0 radical (unpaired) electrons. The monoisotopic (exact) mass is 469 g/mol. The molecule has 9 heteroatoms. The van der Waals surface area contributed by atoms with E-state index in [0.717, 1.165) is 35.1 Å². The molecule has 0 atom stereocenters. The van der Waals surface area contributed by atoms with Gasteiger partial charge in [-0.05, 0) is 24.7 Å². The van der Waals surface area contributed by atoms with Crippen LogP contribution >= 0.6 is 28.7 Å². The molecule has 154 valence electrons. The lowest BCUT2D eigenvalue weighted by molar-refractivity contribution is -0.140. The highest BCUT2D eigenvalue weighted by atomic mass is 79.9. The molecule has 2 heterocycles. The largest absolute Gasteiger partial charge is 0.469 e. The predicted octanol–water partition coefficient (Wildman–Crippen LogP) is 4.06. The second kappa shape index (κ2) is 9.26. The highest BCUT2D eigenvalue weighted by molar-refractivity contribution is 8.93. The van der Waals surface area contributed by atoms with Crippen LogP contribution in [0.4, 0.5) is 11.5 Å². The second-order valence-corrected chi connectivity index (χ2v) is 8.83. The number of hydrogen-bond acceptors (Lipinski definition) is 8. The van der Waals surface area contributed by atoms with Crippen LogP contribution in [0, 0.1) is 5.41 Å². The molecular formula is C19H28BrN5O2S. The molecule has 0 fully saturated rings. The average molecular weight is 470 g/mol. The minimum Gasteiger partial charge on any atom is -0.469 e. The molecule has 28 heavy (non-hydrogen) atoms. The minimum absolute atomic E-state index is 0. The Balaban J connectivity index is 0.00000280.